The molecule has 0 spiro atoms. The van der Waals surface area contributed by atoms with Gasteiger partial charge in [0, 0.05) is 30.6 Å². The predicted octanol–water partition coefficient (Wildman–Crippen LogP) is 3.36. The van der Waals surface area contributed by atoms with Crippen molar-refractivity contribution in [1.82, 2.24) is 10.2 Å². The molecule has 1 aromatic carbocycles. The van der Waals surface area contributed by atoms with E-state index in [0.717, 1.165) is 18.7 Å². The van der Waals surface area contributed by atoms with Crippen LogP contribution in [-0.2, 0) is 0 Å². The Labute approximate surface area is 128 Å². The summed E-state index contributed by atoms with van der Waals surface area (Å²) < 4.78 is 6.11. The zero-order chi connectivity index (χ0) is 14.9. The normalized spacial score (nSPS) is 26.1. The fraction of sp³-hybridized carbons (Fsp3) is 0.667. The summed E-state index contributed by atoms with van der Waals surface area (Å²) in [5.74, 6) is 1.04. The van der Waals surface area contributed by atoms with Crippen LogP contribution in [-0.4, -0.2) is 36.2 Å². The van der Waals surface area contributed by atoms with Gasteiger partial charge in [0.05, 0.1) is 0 Å². The molecular formula is C18H28N2O. The minimum absolute atomic E-state index is 0.0978. The SMILES string of the molecule is CC(CN1CCCC1)NC1CC(C)(C)Oc2ccccc21. The number of benzene rings is 1. The maximum atomic E-state index is 6.11. The highest BCUT2D eigenvalue weighted by Gasteiger charge is 2.34. The van der Waals surface area contributed by atoms with Gasteiger partial charge in [-0.05, 0) is 52.8 Å². The molecule has 0 radical (unpaired) electrons. The molecule has 2 atom stereocenters. The van der Waals surface area contributed by atoms with Crippen LogP contribution in [0.2, 0.25) is 0 Å². The number of hydrogen-bond donors (Lipinski definition) is 1. The van der Waals surface area contributed by atoms with Crippen LogP contribution in [0.5, 0.6) is 5.75 Å². The van der Waals surface area contributed by atoms with E-state index in [-0.39, 0.29) is 5.60 Å². The van der Waals surface area contributed by atoms with Gasteiger partial charge in [-0.3, -0.25) is 0 Å². The topological polar surface area (TPSA) is 24.5 Å². The molecule has 2 aliphatic rings. The van der Waals surface area contributed by atoms with Crippen LogP contribution in [0.15, 0.2) is 24.3 Å². The molecule has 0 aliphatic carbocycles. The third kappa shape index (κ3) is 3.58. The Morgan fingerprint density at radius 3 is 2.76 bits per heavy atom. The molecule has 1 fully saturated rings. The Hall–Kier alpha value is -1.06. The van der Waals surface area contributed by atoms with Crippen molar-refractivity contribution in [3.05, 3.63) is 29.8 Å². The van der Waals surface area contributed by atoms with Gasteiger partial charge in [-0.15, -0.1) is 0 Å². The van der Waals surface area contributed by atoms with Gasteiger partial charge >= 0.3 is 0 Å². The van der Waals surface area contributed by atoms with E-state index in [2.05, 4.69) is 55.3 Å². The summed E-state index contributed by atoms with van der Waals surface area (Å²) in [5, 5.41) is 3.84. The van der Waals surface area contributed by atoms with Gasteiger partial charge in [0.2, 0.25) is 0 Å². The number of ether oxygens (including phenoxy) is 1. The van der Waals surface area contributed by atoms with E-state index in [1.165, 1.54) is 31.5 Å². The molecule has 2 aliphatic heterocycles. The maximum absolute atomic E-state index is 6.11. The molecule has 0 bridgehead atoms. The minimum Gasteiger partial charge on any atom is -0.487 e. The molecule has 116 valence electrons. The van der Waals surface area contributed by atoms with Crippen molar-refractivity contribution in [3.63, 3.8) is 0 Å². The first-order chi connectivity index (χ1) is 10.0. The van der Waals surface area contributed by atoms with Crippen molar-refractivity contribution in [3.8, 4) is 5.75 Å². The number of para-hydroxylation sites is 1. The van der Waals surface area contributed by atoms with Crippen molar-refractivity contribution in [2.45, 2.75) is 57.7 Å². The van der Waals surface area contributed by atoms with E-state index >= 15 is 0 Å². The Kier molecular flexibility index (Phi) is 4.23. The van der Waals surface area contributed by atoms with E-state index < -0.39 is 0 Å². The van der Waals surface area contributed by atoms with Crippen LogP contribution >= 0.6 is 0 Å². The van der Waals surface area contributed by atoms with Gasteiger partial charge in [0.15, 0.2) is 0 Å². The van der Waals surface area contributed by atoms with E-state index in [9.17, 15) is 0 Å². The summed E-state index contributed by atoms with van der Waals surface area (Å²) in [6.45, 7) is 10.4. The summed E-state index contributed by atoms with van der Waals surface area (Å²) in [4.78, 5) is 2.58. The van der Waals surface area contributed by atoms with Crippen LogP contribution in [0, 0.1) is 0 Å². The molecule has 1 saturated heterocycles. The first kappa shape index (κ1) is 14.9. The molecule has 2 heterocycles. The highest BCUT2D eigenvalue weighted by Crippen LogP contribution is 2.39. The van der Waals surface area contributed by atoms with Crippen LogP contribution in [0.3, 0.4) is 0 Å². The van der Waals surface area contributed by atoms with Gasteiger partial charge < -0.3 is 15.0 Å². The zero-order valence-corrected chi connectivity index (χ0v) is 13.6. The van der Waals surface area contributed by atoms with E-state index in [1.54, 1.807) is 0 Å². The summed E-state index contributed by atoms with van der Waals surface area (Å²) in [6.07, 6.45) is 3.74. The fourth-order valence-electron chi connectivity index (χ4n) is 3.70. The Morgan fingerprint density at radius 2 is 2.00 bits per heavy atom. The van der Waals surface area contributed by atoms with E-state index in [0.29, 0.717) is 12.1 Å². The van der Waals surface area contributed by atoms with Crippen molar-refractivity contribution < 1.29 is 4.74 Å². The first-order valence-electron chi connectivity index (χ1n) is 8.30. The number of nitrogens with zero attached hydrogens (tertiary/aromatic N) is 1. The first-order valence-corrected chi connectivity index (χ1v) is 8.30. The largest absolute Gasteiger partial charge is 0.487 e. The Balaban J connectivity index is 1.69. The van der Waals surface area contributed by atoms with Crippen LogP contribution < -0.4 is 10.1 Å². The molecule has 2 unspecified atom stereocenters. The molecule has 1 N–H and O–H groups in total. The second-order valence-electron chi connectivity index (χ2n) is 7.23. The van der Waals surface area contributed by atoms with Gasteiger partial charge in [-0.1, -0.05) is 18.2 Å². The zero-order valence-electron chi connectivity index (χ0n) is 13.6. The summed E-state index contributed by atoms with van der Waals surface area (Å²) in [7, 11) is 0. The number of fused-ring (bicyclic) bond motifs is 1. The van der Waals surface area contributed by atoms with E-state index in [1.807, 2.05) is 0 Å². The quantitative estimate of drug-likeness (QED) is 0.919. The molecule has 3 nitrogen and oxygen atoms in total. The van der Waals surface area contributed by atoms with Gasteiger partial charge in [0.1, 0.15) is 11.4 Å². The third-order valence-corrected chi connectivity index (χ3v) is 4.59. The Morgan fingerprint density at radius 1 is 1.29 bits per heavy atom. The molecular weight excluding hydrogens is 260 g/mol. The highest BCUT2D eigenvalue weighted by atomic mass is 16.5. The minimum atomic E-state index is -0.0978. The van der Waals surface area contributed by atoms with Crippen LogP contribution in [0.4, 0.5) is 0 Å². The molecule has 3 rings (SSSR count). The monoisotopic (exact) mass is 288 g/mol. The Bertz CT molecular complexity index is 480. The molecule has 21 heavy (non-hydrogen) atoms. The lowest BCUT2D eigenvalue weighted by molar-refractivity contribution is 0.0631. The van der Waals surface area contributed by atoms with E-state index in [4.69, 9.17) is 4.74 Å². The highest BCUT2D eigenvalue weighted by molar-refractivity contribution is 5.38. The molecule has 1 aromatic rings. The fourth-order valence-corrected chi connectivity index (χ4v) is 3.70. The summed E-state index contributed by atoms with van der Waals surface area (Å²) in [5.41, 5.74) is 1.21. The number of rotatable bonds is 4. The lowest BCUT2D eigenvalue weighted by Gasteiger charge is -2.39. The lowest BCUT2D eigenvalue weighted by atomic mass is 9.89. The van der Waals surface area contributed by atoms with Crippen molar-refractivity contribution in [2.24, 2.45) is 0 Å². The molecule has 0 amide bonds. The van der Waals surface area contributed by atoms with Crippen LogP contribution in [0.1, 0.15) is 51.6 Å². The number of likely N-dealkylation sites (tertiary alicyclic amines) is 1. The molecule has 0 aromatic heterocycles. The van der Waals surface area contributed by atoms with Gasteiger partial charge in [-0.2, -0.15) is 0 Å². The summed E-state index contributed by atoms with van der Waals surface area (Å²) in [6, 6.07) is 9.37. The van der Waals surface area contributed by atoms with Crippen molar-refractivity contribution in [2.75, 3.05) is 19.6 Å². The third-order valence-electron chi connectivity index (χ3n) is 4.59. The van der Waals surface area contributed by atoms with Crippen LogP contribution in [0.25, 0.3) is 0 Å². The number of hydrogen-bond acceptors (Lipinski definition) is 3. The lowest BCUT2D eigenvalue weighted by Crippen LogP contribution is -2.45. The second-order valence-corrected chi connectivity index (χ2v) is 7.23. The van der Waals surface area contributed by atoms with Crippen molar-refractivity contribution in [1.29, 1.82) is 0 Å². The van der Waals surface area contributed by atoms with Crippen molar-refractivity contribution >= 4 is 0 Å². The number of nitrogens with one attached hydrogen (secondary N) is 1. The molecule has 0 saturated carbocycles. The van der Waals surface area contributed by atoms with Gasteiger partial charge in [0.25, 0.3) is 0 Å². The predicted molar refractivity (Wildman–Crippen MR) is 86.8 cm³/mol. The standard InChI is InChI=1S/C18H28N2O/c1-14(13-20-10-6-7-11-20)19-16-12-18(2,3)21-17-9-5-4-8-15(16)17/h4-5,8-9,14,16,19H,6-7,10-13H2,1-3H3. The second kappa shape index (κ2) is 5.98. The summed E-state index contributed by atoms with van der Waals surface area (Å²) >= 11 is 0. The average Bonchev–Trinajstić information content (AvgIpc) is 2.90. The maximum Gasteiger partial charge on any atom is 0.124 e. The van der Waals surface area contributed by atoms with Gasteiger partial charge in [-0.25, -0.2) is 0 Å². The smallest absolute Gasteiger partial charge is 0.124 e. The average molecular weight is 288 g/mol. The molecule has 3 heteroatoms.